The van der Waals surface area contributed by atoms with Gasteiger partial charge in [-0.2, -0.15) is 0 Å². The molecular weight excluding hydrogens is 259 g/mol. The van der Waals surface area contributed by atoms with Gasteiger partial charge in [-0.25, -0.2) is 0 Å². The topological polar surface area (TPSA) is 0 Å². The van der Waals surface area contributed by atoms with Crippen molar-refractivity contribution in [2.75, 3.05) is 0 Å². The van der Waals surface area contributed by atoms with E-state index in [0.29, 0.717) is 3.42 Å². The van der Waals surface area contributed by atoms with E-state index in [-0.39, 0.29) is 0 Å². The Kier molecular flexibility index (Phi) is 3.87. The molecule has 12 heavy (non-hydrogen) atoms. The Bertz CT molecular complexity index is 128. The summed E-state index contributed by atoms with van der Waals surface area (Å²) in [5.74, 6) is 1.89. The SMILES string of the molecule is CC(C1CCCCC1)C(C)(C)I. The van der Waals surface area contributed by atoms with E-state index in [2.05, 4.69) is 43.4 Å². The fraction of sp³-hybridized carbons (Fsp3) is 1.00. The van der Waals surface area contributed by atoms with Gasteiger partial charge >= 0.3 is 0 Å². The van der Waals surface area contributed by atoms with Crippen molar-refractivity contribution in [3.05, 3.63) is 0 Å². The average molecular weight is 280 g/mol. The van der Waals surface area contributed by atoms with Crippen LogP contribution in [0.3, 0.4) is 0 Å². The molecule has 0 amide bonds. The molecule has 0 bridgehead atoms. The highest BCUT2D eigenvalue weighted by molar-refractivity contribution is 14.1. The summed E-state index contributed by atoms with van der Waals surface area (Å²) in [5, 5.41) is 0. The Balaban J connectivity index is 2.45. The second kappa shape index (κ2) is 4.30. The molecule has 0 aliphatic heterocycles. The third kappa shape index (κ3) is 2.90. The zero-order valence-electron chi connectivity index (χ0n) is 8.57. The van der Waals surface area contributed by atoms with Gasteiger partial charge in [0.05, 0.1) is 0 Å². The Hall–Kier alpha value is 0.730. The summed E-state index contributed by atoms with van der Waals surface area (Å²) in [6.07, 6.45) is 7.38. The van der Waals surface area contributed by atoms with Gasteiger partial charge in [0.2, 0.25) is 0 Å². The van der Waals surface area contributed by atoms with Gasteiger partial charge < -0.3 is 0 Å². The van der Waals surface area contributed by atoms with Crippen molar-refractivity contribution in [3.8, 4) is 0 Å². The normalized spacial score (nSPS) is 24.0. The highest BCUT2D eigenvalue weighted by Crippen LogP contribution is 2.39. The minimum atomic E-state index is 0.486. The van der Waals surface area contributed by atoms with Gasteiger partial charge in [-0.15, -0.1) is 0 Å². The zero-order chi connectivity index (χ0) is 9.19. The maximum atomic E-state index is 2.60. The minimum Gasteiger partial charge on any atom is -0.0792 e. The molecule has 1 atom stereocenters. The van der Waals surface area contributed by atoms with Crippen LogP contribution in [0.1, 0.15) is 52.9 Å². The van der Waals surface area contributed by atoms with Crippen LogP contribution in [0.2, 0.25) is 0 Å². The summed E-state index contributed by atoms with van der Waals surface area (Å²) in [7, 11) is 0. The van der Waals surface area contributed by atoms with Gasteiger partial charge in [-0.05, 0) is 11.8 Å². The van der Waals surface area contributed by atoms with Crippen LogP contribution in [-0.2, 0) is 0 Å². The monoisotopic (exact) mass is 280 g/mol. The lowest BCUT2D eigenvalue weighted by Crippen LogP contribution is -2.29. The zero-order valence-corrected chi connectivity index (χ0v) is 10.7. The van der Waals surface area contributed by atoms with Crippen molar-refractivity contribution >= 4 is 22.6 Å². The molecule has 0 N–H and O–H groups in total. The van der Waals surface area contributed by atoms with E-state index in [4.69, 9.17) is 0 Å². The first-order chi connectivity index (χ1) is 5.52. The van der Waals surface area contributed by atoms with E-state index in [9.17, 15) is 0 Å². The molecule has 0 aromatic rings. The Morgan fingerprint density at radius 1 is 1.17 bits per heavy atom. The van der Waals surface area contributed by atoms with Crippen LogP contribution >= 0.6 is 22.6 Å². The highest BCUT2D eigenvalue weighted by Gasteiger charge is 2.30. The number of hydrogen-bond donors (Lipinski definition) is 0. The summed E-state index contributed by atoms with van der Waals surface area (Å²) in [5.41, 5.74) is 0. The quantitative estimate of drug-likeness (QED) is 0.519. The first-order valence-corrected chi connectivity index (χ1v) is 6.28. The Morgan fingerprint density at radius 2 is 1.67 bits per heavy atom. The van der Waals surface area contributed by atoms with Crippen LogP contribution in [0.25, 0.3) is 0 Å². The van der Waals surface area contributed by atoms with E-state index < -0.39 is 0 Å². The maximum Gasteiger partial charge on any atom is 0.0194 e. The molecule has 0 heterocycles. The summed E-state index contributed by atoms with van der Waals surface area (Å²) < 4.78 is 0.486. The van der Waals surface area contributed by atoms with Crippen LogP contribution in [0.15, 0.2) is 0 Å². The van der Waals surface area contributed by atoms with Crippen LogP contribution in [-0.4, -0.2) is 3.42 Å². The molecule has 1 aliphatic carbocycles. The predicted octanol–water partition coefficient (Wildman–Crippen LogP) is 4.42. The number of alkyl halides is 1. The lowest BCUT2D eigenvalue weighted by atomic mass is 9.76. The summed E-state index contributed by atoms with van der Waals surface area (Å²) in [6, 6.07) is 0. The first-order valence-electron chi connectivity index (χ1n) is 5.20. The molecule has 0 aromatic heterocycles. The van der Waals surface area contributed by atoms with Crippen LogP contribution < -0.4 is 0 Å². The first kappa shape index (κ1) is 10.8. The molecule has 0 radical (unpaired) electrons. The average Bonchev–Trinajstić information content (AvgIpc) is 2.03. The molecule has 1 unspecified atom stereocenters. The molecular formula is C11H21I. The fourth-order valence-corrected chi connectivity index (χ4v) is 2.70. The second-order valence-electron chi connectivity index (χ2n) is 4.75. The van der Waals surface area contributed by atoms with Crippen LogP contribution in [0.4, 0.5) is 0 Å². The van der Waals surface area contributed by atoms with E-state index in [0.717, 1.165) is 11.8 Å². The van der Waals surface area contributed by atoms with Gasteiger partial charge in [0.15, 0.2) is 0 Å². The van der Waals surface area contributed by atoms with Crippen molar-refractivity contribution < 1.29 is 0 Å². The van der Waals surface area contributed by atoms with Crippen LogP contribution in [0, 0.1) is 11.8 Å². The highest BCUT2D eigenvalue weighted by atomic mass is 127. The summed E-state index contributed by atoms with van der Waals surface area (Å²) in [4.78, 5) is 0. The fourth-order valence-electron chi connectivity index (χ4n) is 2.19. The lowest BCUT2D eigenvalue weighted by molar-refractivity contribution is 0.237. The Morgan fingerprint density at radius 3 is 2.08 bits per heavy atom. The summed E-state index contributed by atoms with van der Waals surface area (Å²) >= 11 is 2.60. The predicted molar refractivity (Wildman–Crippen MR) is 63.8 cm³/mol. The molecule has 1 saturated carbocycles. The minimum absolute atomic E-state index is 0.486. The molecule has 72 valence electrons. The van der Waals surface area contributed by atoms with Crippen molar-refractivity contribution in [2.45, 2.75) is 56.3 Å². The smallest absolute Gasteiger partial charge is 0.0194 e. The van der Waals surface area contributed by atoms with Crippen molar-refractivity contribution in [1.82, 2.24) is 0 Å². The van der Waals surface area contributed by atoms with E-state index in [1.54, 1.807) is 0 Å². The molecule has 1 aliphatic rings. The number of halogens is 1. The molecule has 1 rings (SSSR count). The van der Waals surface area contributed by atoms with Crippen molar-refractivity contribution in [3.63, 3.8) is 0 Å². The maximum absolute atomic E-state index is 2.60. The van der Waals surface area contributed by atoms with Crippen molar-refractivity contribution in [2.24, 2.45) is 11.8 Å². The largest absolute Gasteiger partial charge is 0.0792 e. The van der Waals surface area contributed by atoms with Gasteiger partial charge in [-0.3, -0.25) is 0 Å². The van der Waals surface area contributed by atoms with E-state index >= 15 is 0 Å². The summed E-state index contributed by atoms with van der Waals surface area (Å²) in [6.45, 7) is 7.17. The molecule has 0 nitrogen and oxygen atoms in total. The van der Waals surface area contributed by atoms with Crippen molar-refractivity contribution in [1.29, 1.82) is 0 Å². The number of hydrogen-bond acceptors (Lipinski definition) is 0. The van der Waals surface area contributed by atoms with Gasteiger partial charge in [-0.1, -0.05) is 75.5 Å². The third-order valence-electron chi connectivity index (χ3n) is 3.44. The standard InChI is InChI=1S/C11H21I/c1-9(11(2,3)12)10-7-5-4-6-8-10/h9-10H,4-8H2,1-3H3. The second-order valence-corrected chi connectivity index (χ2v) is 7.53. The third-order valence-corrected chi connectivity index (χ3v) is 4.42. The molecule has 1 fully saturated rings. The molecule has 1 heteroatoms. The van der Waals surface area contributed by atoms with E-state index in [1.165, 1.54) is 32.1 Å². The van der Waals surface area contributed by atoms with E-state index in [1.807, 2.05) is 0 Å². The lowest BCUT2D eigenvalue weighted by Gasteiger charge is -2.35. The Labute approximate surface area is 90.6 Å². The molecule has 0 aromatic carbocycles. The molecule has 0 saturated heterocycles. The van der Waals surface area contributed by atoms with Gasteiger partial charge in [0.25, 0.3) is 0 Å². The van der Waals surface area contributed by atoms with Crippen LogP contribution in [0.5, 0.6) is 0 Å². The number of rotatable bonds is 2. The van der Waals surface area contributed by atoms with Gasteiger partial charge in [0, 0.05) is 3.42 Å². The molecule has 0 spiro atoms. The van der Waals surface area contributed by atoms with Gasteiger partial charge in [0.1, 0.15) is 0 Å².